The minimum absolute atomic E-state index is 0. The highest BCUT2D eigenvalue weighted by Crippen LogP contribution is 2.20. The summed E-state index contributed by atoms with van der Waals surface area (Å²) in [6, 6.07) is 0. The van der Waals surface area contributed by atoms with Crippen LogP contribution < -0.4 is 5.32 Å². The standard InChI is InChI=1S/C20H35N5O2.HI/c1-4-21-20(25-11-7-18(26)8-12-25)22-13-17-5-9-24(10-6-17)14-19-23-15(2)16(3)27-19;/h17-18,26H,4-14H2,1-3H3,(H,21,22);1H. The number of aliphatic imine (C=N–C) groups is 1. The summed E-state index contributed by atoms with van der Waals surface area (Å²) in [5.41, 5.74) is 0.996. The first-order chi connectivity index (χ1) is 13.0. The molecule has 8 heteroatoms. The number of piperidine rings is 2. The molecular formula is C20H36IN5O2. The highest BCUT2D eigenvalue weighted by atomic mass is 127. The number of aromatic nitrogens is 1. The van der Waals surface area contributed by atoms with Gasteiger partial charge in [-0.1, -0.05) is 0 Å². The smallest absolute Gasteiger partial charge is 0.208 e. The van der Waals surface area contributed by atoms with E-state index < -0.39 is 0 Å². The van der Waals surface area contributed by atoms with Crippen LogP contribution in [0.3, 0.4) is 0 Å². The fourth-order valence-corrected chi connectivity index (χ4v) is 3.84. The molecule has 3 rings (SSSR count). The minimum atomic E-state index is -0.148. The second-order valence-electron chi connectivity index (χ2n) is 7.88. The van der Waals surface area contributed by atoms with E-state index in [9.17, 15) is 5.11 Å². The van der Waals surface area contributed by atoms with E-state index >= 15 is 0 Å². The number of nitrogens with zero attached hydrogens (tertiary/aromatic N) is 4. The van der Waals surface area contributed by atoms with Crippen LogP contribution >= 0.6 is 24.0 Å². The zero-order valence-corrected chi connectivity index (χ0v) is 19.8. The van der Waals surface area contributed by atoms with E-state index in [1.807, 2.05) is 13.8 Å². The number of rotatable bonds is 5. The number of aliphatic hydroxyl groups is 1. The van der Waals surface area contributed by atoms with Crippen molar-refractivity contribution in [3.63, 3.8) is 0 Å². The molecule has 160 valence electrons. The number of likely N-dealkylation sites (tertiary alicyclic amines) is 2. The van der Waals surface area contributed by atoms with Gasteiger partial charge in [0.2, 0.25) is 5.89 Å². The summed E-state index contributed by atoms with van der Waals surface area (Å²) in [4.78, 5) is 14.1. The molecule has 2 aliphatic heterocycles. The molecule has 2 aliphatic rings. The Morgan fingerprint density at radius 1 is 1.18 bits per heavy atom. The lowest BCUT2D eigenvalue weighted by atomic mass is 9.97. The highest BCUT2D eigenvalue weighted by molar-refractivity contribution is 14.0. The molecular weight excluding hydrogens is 469 g/mol. The second-order valence-corrected chi connectivity index (χ2v) is 7.88. The molecule has 0 saturated carbocycles. The van der Waals surface area contributed by atoms with Crippen LogP contribution in [-0.2, 0) is 6.54 Å². The first-order valence-electron chi connectivity index (χ1n) is 10.4. The van der Waals surface area contributed by atoms with Crippen LogP contribution in [0.15, 0.2) is 9.41 Å². The molecule has 0 amide bonds. The summed E-state index contributed by atoms with van der Waals surface area (Å²) >= 11 is 0. The van der Waals surface area contributed by atoms with Crippen molar-refractivity contribution < 1.29 is 9.52 Å². The lowest BCUT2D eigenvalue weighted by Gasteiger charge is -2.33. The maximum absolute atomic E-state index is 9.72. The topological polar surface area (TPSA) is 77.1 Å². The van der Waals surface area contributed by atoms with Gasteiger partial charge in [0.1, 0.15) is 5.76 Å². The van der Waals surface area contributed by atoms with Crippen molar-refractivity contribution in [3.05, 3.63) is 17.3 Å². The van der Waals surface area contributed by atoms with Gasteiger partial charge in [-0.15, -0.1) is 24.0 Å². The van der Waals surface area contributed by atoms with E-state index in [1.165, 1.54) is 12.8 Å². The summed E-state index contributed by atoms with van der Waals surface area (Å²) in [6.45, 7) is 12.6. The summed E-state index contributed by atoms with van der Waals surface area (Å²) in [5, 5.41) is 13.1. The van der Waals surface area contributed by atoms with E-state index in [-0.39, 0.29) is 30.1 Å². The Kier molecular flexibility index (Phi) is 9.49. The molecule has 7 nitrogen and oxygen atoms in total. The highest BCUT2D eigenvalue weighted by Gasteiger charge is 2.23. The average Bonchev–Trinajstić information content (AvgIpc) is 2.98. The molecule has 0 radical (unpaired) electrons. The third kappa shape index (κ3) is 6.59. The number of hydrogen-bond acceptors (Lipinski definition) is 5. The first-order valence-corrected chi connectivity index (χ1v) is 10.4. The Balaban J connectivity index is 0.00000280. The molecule has 0 spiro atoms. The molecule has 1 aromatic heterocycles. The van der Waals surface area contributed by atoms with Crippen LogP contribution in [0.25, 0.3) is 0 Å². The van der Waals surface area contributed by atoms with Crippen molar-refractivity contribution >= 4 is 29.9 Å². The van der Waals surface area contributed by atoms with Gasteiger partial charge in [0.25, 0.3) is 0 Å². The fraction of sp³-hybridized carbons (Fsp3) is 0.800. The van der Waals surface area contributed by atoms with Gasteiger partial charge in [-0.05, 0) is 65.5 Å². The van der Waals surface area contributed by atoms with Crippen molar-refractivity contribution in [2.75, 3.05) is 39.3 Å². The van der Waals surface area contributed by atoms with Crippen molar-refractivity contribution in [1.29, 1.82) is 0 Å². The summed E-state index contributed by atoms with van der Waals surface area (Å²) in [7, 11) is 0. The number of nitrogens with one attached hydrogen (secondary N) is 1. The van der Waals surface area contributed by atoms with Crippen molar-refractivity contribution in [2.24, 2.45) is 10.9 Å². The van der Waals surface area contributed by atoms with E-state index in [0.29, 0.717) is 5.92 Å². The minimum Gasteiger partial charge on any atom is -0.444 e. The lowest BCUT2D eigenvalue weighted by molar-refractivity contribution is 0.108. The Hall–Kier alpha value is -0.870. The number of guanidine groups is 1. The molecule has 3 heterocycles. The van der Waals surface area contributed by atoms with Gasteiger partial charge in [-0.25, -0.2) is 4.98 Å². The summed E-state index contributed by atoms with van der Waals surface area (Å²) in [5.74, 6) is 3.41. The van der Waals surface area contributed by atoms with E-state index in [4.69, 9.17) is 9.41 Å². The molecule has 2 fully saturated rings. The SMILES string of the molecule is CCNC(=NCC1CCN(Cc2nc(C)c(C)o2)CC1)N1CCC(O)CC1.I. The van der Waals surface area contributed by atoms with Gasteiger partial charge in [0.05, 0.1) is 18.3 Å². The molecule has 2 N–H and O–H groups in total. The molecule has 0 bridgehead atoms. The summed E-state index contributed by atoms with van der Waals surface area (Å²) in [6.07, 6.45) is 3.86. The van der Waals surface area contributed by atoms with Crippen LogP contribution in [0.4, 0.5) is 0 Å². The third-order valence-corrected chi connectivity index (χ3v) is 5.74. The monoisotopic (exact) mass is 505 g/mol. The van der Waals surface area contributed by atoms with Gasteiger partial charge in [-0.3, -0.25) is 9.89 Å². The van der Waals surface area contributed by atoms with Crippen molar-refractivity contribution in [2.45, 2.75) is 59.1 Å². The third-order valence-electron chi connectivity index (χ3n) is 5.74. The number of halogens is 1. The second kappa shape index (κ2) is 11.3. The Morgan fingerprint density at radius 3 is 2.43 bits per heavy atom. The zero-order chi connectivity index (χ0) is 19.2. The Morgan fingerprint density at radius 2 is 1.86 bits per heavy atom. The number of oxazole rings is 1. The number of hydrogen-bond donors (Lipinski definition) is 2. The average molecular weight is 505 g/mol. The van der Waals surface area contributed by atoms with Crippen LogP contribution in [0, 0.1) is 19.8 Å². The lowest BCUT2D eigenvalue weighted by Crippen LogP contribution is -2.47. The zero-order valence-electron chi connectivity index (χ0n) is 17.5. The largest absolute Gasteiger partial charge is 0.444 e. The van der Waals surface area contributed by atoms with Gasteiger partial charge < -0.3 is 19.7 Å². The molecule has 0 unspecified atom stereocenters. The van der Waals surface area contributed by atoms with Crippen molar-refractivity contribution in [1.82, 2.24) is 20.1 Å². The maximum atomic E-state index is 9.72. The van der Waals surface area contributed by atoms with Crippen LogP contribution in [0.5, 0.6) is 0 Å². The number of aliphatic hydroxyl groups excluding tert-OH is 1. The quantitative estimate of drug-likeness (QED) is 0.364. The van der Waals surface area contributed by atoms with Gasteiger partial charge in [0, 0.05) is 26.2 Å². The van der Waals surface area contributed by atoms with Crippen LogP contribution in [0.1, 0.15) is 50.0 Å². The predicted molar refractivity (Wildman–Crippen MR) is 122 cm³/mol. The summed E-state index contributed by atoms with van der Waals surface area (Å²) < 4.78 is 5.72. The maximum Gasteiger partial charge on any atom is 0.208 e. The van der Waals surface area contributed by atoms with Gasteiger partial charge >= 0.3 is 0 Å². The first kappa shape index (κ1) is 23.4. The molecule has 0 aliphatic carbocycles. The van der Waals surface area contributed by atoms with Gasteiger partial charge in [0.15, 0.2) is 5.96 Å². The van der Waals surface area contributed by atoms with Crippen molar-refractivity contribution in [3.8, 4) is 0 Å². The van der Waals surface area contributed by atoms with E-state index in [0.717, 1.165) is 82.0 Å². The normalized spacial score (nSPS) is 20.3. The Labute approximate surface area is 186 Å². The van der Waals surface area contributed by atoms with E-state index in [1.54, 1.807) is 0 Å². The molecule has 0 atom stereocenters. The van der Waals surface area contributed by atoms with Gasteiger partial charge in [-0.2, -0.15) is 0 Å². The Bertz CT molecular complexity index is 601. The molecule has 28 heavy (non-hydrogen) atoms. The molecule has 2 saturated heterocycles. The predicted octanol–water partition coefficient (Wildman–Crippen LogP) is 2.54. The fourth-order valence-electron chi connectivity index (χ4n) is 3.84. The molecule has 0 aromatic carbocycles. The van der Waals surface area contributed by atoms with Crippen LogP contribution in [0.2, 0.25) is 0 Å². The molecule has 1 aromatic rings. The number of aryl methyl sites for hydroxylation is 2. The van der Waals surface area contributed by atoms with E-state index in [2.05, 4.69) is 27.0 Å². The van der Waals surface area contributed by atoms with Crippen LogP contribution in [-0.4, -0.2) is 71.2 Å².